The van der Waals surface area contributed by atoms with Gasteiger partial charge >= 0.3 is 0 Å². The maximum Gasteiger partial charge on any atom is 0.0462 e. The van der Waals surface area contributed by atoms with Crippen LogP contribution in [-0.2, 0) is 5.41 Å². The number of fused-ring (bicyclic) bond motifs is 3. The summed E-state index contributed by atoms with van der Waals surface area (Å²) >= 11 is 0. The molecule has 0 aromatic heterocycles. The third-order valence-corrected chi connectivity index (χ3v) is 13.6. The molecule has 1 aliphatic rings. The van der Waals surface area contributed by atoms with Gasteiger partial charge in [-0.15, -0.1) is 0 Å². The molecule has 10 aromatic carbocycles. The Morgan fingerprint density at radius 1 is 0.269 bits per heavy atom. The first-order valence-electron chi connectivity index (χ1n) is 23.3. The monoisotopic (exact) mass is 860 g/mol. The van der Waals surface area contributed by atoms with Crippen LogP contribution in [0.5, 0.6) is 0 Å². The molecule has 0 atom stereocenters. The van der Waals surface area contributed by atoms with Crippen molar-refractivity contribution in [2.45, 2.75) is 33.1 Å². The van der Waals surface area contributed by atoms with Crippen LogP contribution in [0.15, 0.2) is 243 Å². The third-order valence-electron chi connectivity index (χ3n) is 13.6. The van der Waals surface area contributed by atoms with E-state index < -0.39 is 0 Å². The molecule has 2 nitrogen and oxygen atoms in total. The summed E-state index contributed by atoms with van der Waals surface area (Å²) in [6.45, 7) is 9.05. The smallest absolute Gasteiger partial charge is 0.0462 e. The highest BCUT2D eigenvalue weighted by Crippen LogP contribution is 2.54. The Morgan fingerprint density at radius 2 is 0.582 bits per heavy atom. The van der Waals surface area contributed by atoms with E-state index in [0.717, 1.165) is 34.1 Å². The standard InChI is InChI=1S/C65H52N2/c1-45-19-31-54(32-20-45)66(56-35-23-49(24-36-56)47-13-7-5-8-14-47)58-39-27-51(28-40-58)53-43-61(64-62(44-53)60-17-11-12-18-63(60)65(64,3)4)52-29-41-59(42-30-52)67(55-33-21-46(2)22-34-55)57-37-25-50(26-38-57)48-15-9-6-10-16-48/h5-44H,1-4H3. The maximum atomic E-state index is 2.43. The van der Waals surface area contributed by atoms with Crippen molar-refractivity contribution in [3.8, 4) is 55.6 Å². The summed E-state index contributed by atoms with van der Waals surface area (Å²) < 4.78 is 0. The summed E-state index contributed by atoms with van der Waals surface area (Å²) in [6.07, 6.45) is 0. The van der Waals surface area contributed by atoms with E-state index in [2.05, 4.69) is 280 Å². The highest BCUT2D eigenvalue weighted by molar-refractivity contribution is 5.93. The lowest BCUT2D eigenvalue weighted by atomic mass is 9.78. The van der Waals surface area contributed by atoms with Crippen LogP contribution in [0, 0.1) is 13.8 Å². The highest BCUT2D eigenvalue weighted by atomic mass is 15.1. The fourth-order valence-corrected chi connectivity index (χ4v) is 10.1. The molecule has 322 valence electrons. The molecule has 0 fully saturated rings. The van der Waals surface area contributed by atoms with Gasteiger partial charge in [-0.2, -0.15) is 0 Å². The largest absolute Gasteiger partial charge is 0.311 e. The van der Waals surface area contributed by atoms with E-state index in [1.54, 1.807) is 0 Å². The van der Waals surface area contributed by atoms with Crippen molar-refractivity contribution in [2.75, 3.05) is 9.80 Å². The fourth-order valence-electron chi connectivity index (χ4n) is 10.1. The van der Waals surface area contributed by atoms with E-state index >= 15 is 0 Å². The number of hydrogen-bond donors (Lipinski definition) is 0. The first kappa shape index (κ1) is 41.5. The van der Waals surface area contributed by atoms with Gasteiger partial charge in [0.25, 0.3) is 0 Å². The molecule has 0 saturated carbocycles. The van der Waals surface area contributed by atoms with Crippen LogP contribution in [0.4, 0.5) is 34.1 Å². The van der Waals surface area contributed by atoms with Crippen molar-refractivity contribution in [3.05, 3.63) is 265 Å². The zero-order chi connectivity index (χ0) is 45.5. The Kier molecular flexibility index (Phi) is 10.7. The lowest BCUT2D eigenvalue weighted by Gasteiger charge is -2.27. The minimum absolute atomic E-state index is 0.179. The average molecular weight is 861 g/mol. The van der Waals surface area contributed by atoms with Gasteiger partial charge in [0, 0.05) is 39.5 Å². The van der Waals surface area contributed by atoms with Gasteiger partial charge in [0.2, 0.25) is 0 Å². The quantitative estimate of drug-likeness (QED) is 0.135. The van der Waals surface area contributed by atoms with Gasteiger partial charge in [0.05, 0.1) is 0 Å². The van der Waals surface area contributed by atoms with Crippen molar-refractivity contribution in [2.24, 2.45) is 0 Å². The summed E-state index contributed by atoms with van der Waals surface area (Å²) in [6, 6.07) is 88.8. The number of nitrogens with zero attached hydrogens (tertiary/aromatic N) is 2. The molecule has 11 rings (SSSR count). The first-order chi connectivity index (χ1) is 32.8. The predicted molar refractivity (Wildman–Crippen MR) is 285 cm³/mol. The lowest BCUT2D eigenvalue weighted by Crippen LogP contribution is -2.16. The number of aryl methyl sites for hydroxylation is 2. The topological polar surface area (TPSA) is 6.48 Å². The molecule has 1 aliphatic carbocycles. The van der Waals surface area contributed by atoms with Crippen LogP contribution in [-0.4, -0.2) is 0 Å². The van der Waals surface area contributed by atoms with E-state index in [0.29, 0.717) is 0 Å². The van der Waals surface area contributed by atoms with Crippen molar-refractivity contribution in [1.82, 2.24) is 0 Å². The molecule has 0 saturated heterocycles. The number of benzene rings is 10. The Bertz CT molecular complexity index is 3320. The van der Waals surface area contributed by atoms with Crippen LogP contribution in [0.1, 0.15) is 36.1 Å². The third kappa shape index (κ3) is 7.91. The van der Waals surface area contributed by atoms with Gasteiger partial charge < -0.3 is 9.80 Å². The second-order valence-electron chi connectivity index (χ2n) is 18.4. The molecule has 0 bridgehead atoms. The molecule has 10 aromatic rings. The summed E-state index contributed by atoms with van der Waals surface area (Å²) in [7, 11) is 0. The van der Waals surface area contributed by atoms with Crippen LogP contribution in [0.2, 0.25) is 0 Å². The first-order valence-corrected chi connectivity index (χ1v) is 23.3. The van der Waals surface area contributed by atoms with Crippen LogP contribution >= 0.6 is 0 Å². The molecular formula is C65H52N2. The van der Waals surface area contributed by atoms with E-state index in [4.69, 9.17) is 0 Å². The summed E-state index contributed by atoms with van der Waals surface area (Å²) in [5, 5.41) is 0. The highest BCUT2D eigenvalue weighted by Gasteiger charge is 2.38. The molecule has 0 radical (unpaired) electrons. The molecule has 2 heteroatoms. The Labute approximate surface area is 395 Å². The molecule has 0 heterocycles. The van der Waals surface area contributed by atoms with Crippen molar-refractivity contribution in [3.63, 3.8) is 0 Å². The van der Waals surface area contributed by atoms with Crippen molar-refractivity contribution >= 4 is 34.1 Å². The molecule has 0 spiro atoms. The zero-order valence-electron chi connectivity index (χ0n) is 38.5. The average Bonchev–Trinajstić information content (AvgIpc) is 3.62. The van der Waals surface area contributed by atoms with Gasteiger partial charge in [-0.05, 0) is 166 Å². The van der Waals surface area contributed by atoms with E-state index in [-0.39, 0.29) is 5.41 Å². The van der Waals surface area contributed by atoms with E-state index in [1.807, 2.05) is 0 Å². The second-order valence-corrected chi connectivity index (χ2v) is 18.4. The molecule has 0 aliphatic heterocycles. The molecule has 0 amide bonds. The molecule has 67 heavy (non-hydrogen) atoms. The van der Waals surface area contributed by atoms with E-state index in [1.165, 1.54) is 77.9 Å². The maximum absolute atomic E-state index is 2.43. The van der Waals surface area contributed by atoms with Crippen LogP contribution < -0.4 is 9.80 Å². The Morgan fingerprint density at radius 3 is 1.00 bits per heavy atom. The van der Waals surface area contributed by atoms with Crippen molar-refractivity contribution in [1.29, 1.82) is 0 Å². The SMILES string of the molecule is Cc1ccc(N(c2ccc(-c3ccccc3)cc2)c2ccc(-c3cc(-c4ccc(N(c5ccc(C)cc5)c5ccc(-c6ccccc6)cc5)cc4)c4c(c3)-c3ccccc3C4(C)C)cc2)cc1. The Hall–Kier alpha value is -8.20. The summed E-state index contributed by atoms with van der Waals surface area (Å²) in [5.74, 6) is 0. The minimum Gasteiger partial charge on any atom is -0.311 e. The fraction of sp³-hybridized carbons (Fsp3) is 0.0769. The van der Waals surface area contributed by atoms with Gasteiger partial charge in [0.15, 0.2) is 0 Å². The van der Waals surface area contributed by atoms with Gasteiger partial charge in [-0.25, -0.2) is 0 Å². The number of hydrogen-bond acceptors (Lipinski definition) is 2. The van der Waals surface area contributed by atoms with E-state index in [9.17, 15) is 0 Å². The van der Waals surface area contributed by atoms with Crippen LogP contribution in [0.3, 0.4) is 0 Å². The normalized spacial score (nSPS) is 12.3. The van der Waals surface area contributed by atoms with Crippen LogP contribution in [0.25, 0.3) is 55.6 Å². The van der Waals surface area contributed by atoms with Gasteiger partial charge in [-0.1, -0.05) is 183 Å². The van der Waals surface area contributed by atoms with Crippen molar-refractivity contribution < 1.29 is 0 Å². The lowest BCUT2D eigenvalue weighted by molar-refractivity contribution is 0.662. The summed E-state index contributed by atoms with van der Waals surface area (Å²) in [5.41, 5.74) is 24.0. The van der Waals surface area contributed by atoms with Gasteiger partial charge in [0.1, 0.15) is 0 Å². The Balaban J connectivity index is 0.984. The van der Waals surface area contributed by atoms with Gasteiger partial charge in [-0.3, -0.25) is 0 Å². The zero-order valence-corrected chi connectivity index (χ0v) is 38.5. The predicted octanol–water partition coefficient (Wildman–Crippen LogP) is 18.2. The summed E-state index contributed by atoms with van der Waals surface area (Å²) in [4.78, 5) is 4.71. The minimum atomic E-state index is -0.179. The molecule has 0 unspecified atom stereocenters. The second kappa shape index (κ2) is 17.3. The molecular weight excluding hydrogens is 809 g/mol. The number of anilines is 6. The number of rotatable bonds is 10. The molecule has 0 N–H and O–H groups in total.